The lowest BCUT2D eigenvalue weighted by Crippen LogP contribution is -2.81. The van der Waals surface area contributed by atoms with Crippen molar-refractivity contribution in [1.29, 1.82) is 0 Å². The summed E-state index contributed by atoms with van der Waals surface area (Å²) in [5.41, 5.74) is 4.10. The molecule has 0 unspecified atom stereocenters. The van der Waals surface area contributed by atoms with Gasteiger partial charge < -0.3 is 20.5 Å². The monoisotopic (exact) mass is 288 g/mol. The zero-order valence-electron chi connectivity index (χ0n) is 10.9. The number of aliphatic carboxylic acids is 1. The smallest absolute Gasteiger partial charge is 0.339 e. The molecular formula is C11H16N2O5S. The van der Waals surface area contributed by atoms with E-state index in [2.05, 4.69) is 0 Å². The Balaban J connectivity index is 2.33. The number of ether oxygens (including phenoxy) is 1. The molecule has 0 saturated carbocycles. The number of β-lactam (4-membered cyclic amide) rings is 1. The van der Waals surface area contributed by atoms with Gasteiger partial charge >= 0.3 is 11.9 Å². The first-order valence-electron chi connectivity index (χ1n) is 5.87. The molecule has 3 atom stereocenters. The molecule has 7 nitrogen and oxygen atoms in total. The van der Waals surface area contributed by atoms with Crippen LogP contribution < -0.4 is 5.73 Å². The third-order valence-electron chi connectivity index (χ3n) is 3.43. The largest absolute Gasteiger partial charge is 0.480 e. The molecule has 0 radical (unpaired) electrons. The number of carboxylic acids is 1. The third kappa shape index (κ3) is 1.66. The quantitative estimate of drug-likeness (QED) is 0.405. The van der Waals surface area contributed by atoms with Gasteiger partial charge in [0.1, 0.15) is 11.4 Å². The maximum atomic E-state index is 12.1. The maximum Gasteiger partial charge on any atom is 0.339 e. The number of hydrogen-bond acceptors (Lipinski definition) is 6. The van der Waals surface area contributed by atoms with Gasteiger partial charge in [0.25, 0.3) is 5.91 Å². The number of nitrogens with zero attached hydrogens (tertiary/aromatic N) is 1. The second kappa shape index (κ2) is 4.11. The van der Waals surface area contributed by atoms with Gasteiger partial charge in [-0.1, -0.05) is 0 Å². The summed E-state index contributed by atoms with van der Waals surface area (Å²) >= 11 is 1.22. The van der Waals surface area contributed by atoms with Crippen LogP contribution >= 0.6 is 11.8 Å². The average molecular weight is 288 g/mol. The molecule has 3 N–H and O–H groups in total. The molecule has 2 aliphatic rings. The van der Waals surface area contributed by atoms with Gasteiger partial charge in [-0.3, -0.25) is 4.79 Å². The first-order valence-corrected chi connectivity index (χ1v) is 6.75. The molecule has 1 amide bonds. The Bertz CT molecular complexity index is 466. The first kappa shape index (κ1) is 14.1. The van der Waals surface area contributed by atoms with Gasteiger partial charge in [-0.2, -0.15) is 0 Å². The van der Waals surface area contributed by atoms with Gasteiger partial charge in [0.05, 0.1) is 6.61 Å². The number of carbonyl (C=O) groups excluding carboxylic acids is 2. The fourth-order valence-corrected chi connectivity index (χ4v) is 4.16. The molecule has 0 aliphatic carbocycles. The summed E-state index contributed by atoms with van der Waals surface area (Å²) in [6.45, 7) is 5.17. The first-order chi connectivity index (χ1) is 8.67. The van der Waals surface area contributed by atoms with Crippen molar-refractivity contribution in [1.82, 2.24) is 4.90 Å². The van der Waals surface area contributed by atoms with Crippen molar-refractivity contribution in [2.24, 2.45) is 5.73 Å². The van der Waals surface area contributed by atoms with E-state index in [0.29, 0.717) is 0 Å². The number of thioether (sulfide) groups is 1. The standard InChI is InChI=1S/C11H16N2O5S/c1-4-18-9(17)11(12)7(16)13-5(6(14)15)10(2,3)19-8(11)13/h5,8H,4,12H2,1-3H3,(H,14,15)/t5-,8+,11-/m0/s1. The zero-order chi connectivity index (χ0) is 14.6. The van der Waals surface area contributed by atoms with E-state index in [0.717, 1.165) is 0 Å². The summed E-state index contributed by atoms with van der Waals surface area (Å²) in [6.07, 6.45) is 0. The highest BCUT2D eigenvalue weighted by Gasteiger charge is 2.73. The van der Waals surface area contributed by atoms with Crippen LogP contribution in [0.15, 0.2) is 0 Å². The lowest BCUT2D eigenvalue weighted by atomic mass is 9.85. The summed E-state index contributed by atoms with van der Waals surface area (Å²) in [6, 6.07) is -0.985. The van der Waals surface area contributed by atoms with Crippen LogP contribution in [0.25, 0.3) is 0 Å². The molecule has 0 aromatic heterocycles. The fraction of sp³-hybridized carbons (Fsp3) is 0.727. The Labute approximate surface area is 114 Å². The molecule has 0 aromatic rings. The molecule has 8 heteroatoms. The van der Waals surface area contributed by atoms with Crippen LogP contribution in [0.4, 0.5) is 0 Å². The second-order valence-electron chi connectivity index (χ2n) is 5.12. The third-order valence-corrected chi connectivity index (χ3v) is 5.08. The van der Waals surface area contributed by atoms with E-state index in [4.69, 9.17) is 10.5 Å². The number of carboxylic acid groups (broad SMARTS) is 1. The summed E-state index contributed by atoms with van der Waals surface area (Å²) in [5, 5.41) is 8.55. The van der Waals surface area contributed by atoms with Crippen LogP contribution in [0.2, 0.25) is 0 Å². The highest BCUT2D eigenvalue weighted by Crippen LogP contribution is 2.54. The van der Waals surface area contributed by atoms with E-state index in [1.165, 1.54) is 16.7 Å². The van der Waals surface area contributed by atoms with Crippen LogP contribution in [-0.4, -0.2) is 56.2 Å². The Hall–Kier alpha value is -1.28. The maximum absolute atomic E-state index is 12.1. The van der Waals surface area contributed by atoms with E-state index >= 15 is 0 Å². The van der Waals surface area contributed by atoms with Gasteiger partial charge in [0.2, 0.25) is 5.54 Å². The van der Waals surface area contributed by atoms with Gasteiger partial charge in [0, 0.05) is 4.75 Å². The molecule has 0 aromatic carbocycles. The predicted molar refractivity (Wildman–Crippen MR) is 67.3 cm³/mol. The van der Waals surface area contributed by atoms with Crippen LogP contribution in [0.1, 0.15) is 20.8 Å². The number of esters is 1. The van der Waals surface area contributed by atoms with Crippen molar-refractivity contribution in [3.8, 4) is 0 Å². The fourth-order valence-electron chi connectivity index (χ4n) is 2.52. The number of hydrogen-bond donors (Lipinski definition) is 2. The highest BCUT2D eigenvalue weighted by atomic mass is 32.2. The normalized spacial score (nSPS) is 35.6. The van der Waals surface area contributed by atoms with Crippen molar-refractivity contribution in [3.63, 3.8) is 0 Å². The van der Waals surface area contributed by atoms with Crippen molar-refractivity contribution >= 4 is 29.6 Å². The minimum Gasteiger partial charge on any atom is -0.480 e. The van der Waals surface area contributed by atoms with E-state index in [1.54, 1.807) is 20.8 Å². The van der Waals surface area contributed by atoms with Gasteiger partial charge in [0.15, 0.2) is 0 Å². The molecule has 0 spiro atoms. The molecule has 19 heavy (non-hydrogen) atoms. The van der Waals surface area contributed by atoms with Gasteiger partial charge in [-0.25, -0.2) is 9.59 Å². The summed E-state index contributed by atoms with van der Waals surface area (Å²) in [5.74, 6) is -2.57. The molecule has 2 heterocycles. The number of nitrogens with two attached hydrogens (primary N) is 1. The number of carbonyl (C=O) groups is 3. The Kier molecular flexibility index (Phi) is 3.06. The van der Waals surface area contributed by atoms with Crippen molar-refractivity contribution < 1.29 is 24.2 Å². The average Bonchev–Trinajstić information content (AvgIpc) is 2.58. The van der Waals surface area contributed by atoms with E-state index in [1.807, 2.05) is 0 Å². The Morgan fingerprint density at radius 3 is 2.58 bits per heavy atom. The van der Waals surface area contributed by atoms with E-state index in [9.17, 15) is 19.5 Å². The molecular weight excluding hydrogens is 272 g/mol. The highest BCUT2D eigenvalue weighted by molar-refractivity contribution is 8.01. The van der Waals surface area contributed by atoms with Gasteiger partial charge in [-0.05, 0) is 20.8 Å². The van der Waals surface area contributed by atoms with Crippen LogP contribution in [0, 0.1) is 0 Å². The molecule has 2 fully saturated rings. The van der Waals surface area contributed by atoms with Crippen molar-refractivity contribution in [2.75, 3.05) is 6.61 Å². The minimum atomic E-state index is -1.76. The molecule has 0 bridgehead atoms. The van der Waals surface area contributed by atoms with E-state index < -0.39 is 39.5 Å². The molecule has 2 aliphatic heterocycles. The summed E-state index contributed by atoms with van der Waals surface area (Å²) in [4.78, 5) is 36.4. The summed E-state index contributed by atoms with van der Waals surface area (Å²) < 4.78 is 4.11. The SMILES string of the molecule is CCOC(=O)[C@]1(N)C(=O)N2[C@@H](C(=O)O)C(C)(C)S[C@@H]21. The topological polar surface area (TPSA) is 110 Å². The lowest BCUT2D eigenvalue weighted by Gasteiger charge is -2.48. The molecule has 2 rings (SSSR count). The van der Waals surface area contributed by atoms with Gasteiger partial charge in [-0.15, -0.1) is 11.8 Å². The number of rotatable bonds is 3. The Morgan fingerprint density at radius 1 is 1.53 bits per heavy atom. The predicted octanol–water partition coefficient (Wildman–Crippen LogP) is -0.606. The number of fused-ring (bicyclic) bond motifs is 1. The number of amides is 1. The summed E-state index contributed by atoms with van der Waals surface area (Å²) in [7, 11) is 0. The second-order valence-corrected chi connectivity index (χ2v) is 6.85. The molecule has 106 valence electrons. The van der Waals surface area contributed by atoms with E-state index in [-0.39, 0.29) is 6.61 Å². The van der Waals surface area contributed by atoms with Crippen LogP contribution in [-0.2, 0) is 19.1 Å². The minimum absolute atomic E-state index is 0.119. The lowest BCUT2D eigenvalue weighted by molar-refractivity contribution is -0.177. The van der Waals surface area contributed by atoms with Crippen LogP contribution in [0.5, 0.6) is 0 Å². The van der Waals surface area contributed by atoms with Crippen molar-refractivity contribution in [3.05, 3.63) is 0 Å². The zero-order valence-corrected chi connectivity index (χ0v) is 11.7. The Morgan fingerprint density at radius 2 is 2.11 bits per heavy atom. The van der Waals surface area contributed by atoms with Crippen molar-refractivity contribution in [2.45, 2.75) is 42.5 Å². The van der Waals surface area contributed by atoms with Crippen LogP contribution in [0.3, 0.4) is 0 Å². The molecule has 2 saturated heterocycles.